The van der Waals surface area contributed by atoms with E-state index in [-0.39, 0.29) is 0 Å². The summed E-state index contributed by atoms with van der Waals surface area (Å²) in [5.41, 5.74) is 2.43. The maximum atomic E-state index is 5.51. The first-order valence-corrected chi connectivity index (χ1v) is 11.1. The van der Waals surface area contributed by atoms with Crippen molar-refractivity contribution >= 4 is 5.96 Å². The Hall–Kier alpha value is -2.64. The highest BCUT2D eigenvalue weighted by Gasteiger charge is 2.20. The molecule has 0 bridgehead atoms. The highest BCUT2D eigenvalue weighted by Crippen LogP contribution is 2.14. The van der Waals surface area contributed by atoms with Gasteiger partial charge in [-0.2, -0.15) is 0 Å². The fraction of sp³-hybridized carbons (Fsp3) is 0.500. The van der Waals surface area contributed by atoms with Crippen LogP contribution in [0.4, 0.5) is 0 Å². The van der Waals surface area contributed by atoms with Gasteiger partial charge in [0.05, 0.1) is 13.2 Å². The second kappa shape index (κ2) is 12.9. The van der Waals surface area contributed by atoms with Crippen molar-refractivity contribution in [2.45, 2.75) is 38.9 Å². The van der Waals surface area contributed by atoms with Crippen LogP contribution in [0.25, 0.3) is 0 Å². The van der Waals surface area contributed by atoms with Crippen molar-refractivity contribution in [2.75, 3.05) is 40.0 Å². The van der Waals surface area contributed by atoms with E-state index in [1.165, 1.54) is 5.56 Å². The molecular weight excluding hydrogens is 390 g/mol. The van der Waals surface area contributed by atoms with Gasteiger partial charge in [-0.15, -0.1) is 0 Å². The van der Waals surface area contributed by atoms with E-state index in [4.69, 9.17) is 14.5 Å². The first-order chi connectivity index (χ1) is 15.3. The lowest BCUT2D eigenvalue weighted by molar-refractivity contribution is 0.143. The molecule has 0 radical (unpaired) electrons. The minimum Gasteiger partial charge on any atom is -0.475 e. The number of nitrogens with zero attached hydrogens (tertiary/aromatic N) is 3. The van der Waals surface area contributed by atoms with Crippen LogP contribution in [-0.2, 0) is 17.8 Å². The number of nitrogens with one attached hydrogen (secondary N) is 2. The topological polar surface area (TPSA) is 71.0 Å². The predicted octanol–water partition coefficient (Wildman–Crippen LogP) is 2.83. The summed E-state index contributed by atoms with van der Waals surface area (Å²) in [5.74, 6) is 1.47. The number of rotatable bonds is 10. The summed E-state index contributed by atoms with van der Waals surface area (Å²) in [6.07, 6.45) is 4.05. The highest BCUT2D eigenvalue weighted by molar-refractivity contribution is 5.80. The zero-order valence-corrected chi connectivity index (χ0v) is 18.7. The standard InChI is InChI=1S/C24H35N5O2/c1-3-25-24(27-18-21-9-10-23(26-17-21)31-16-15-30-2)28-22-11-13-29(14-12-22)19-20-7-5-4-6-8-20/h4-10,17,22H,3,11-16,18-19H2,1-2H3,(H2,25,27,28). The molecule has 3 rings (SSSR count). The summed E-state index contributed by atoms with van der Waals surface area (Å²) in [6, 6.07) is 15.0. The van der Waals surface area contributed by atoms with Gasteiger partial charge >= 0.3 is 0 Å². The first kappa shape index (κ1) is 23.0. The van der Waals surface area contributed by atoms with Gasteiger partial charge in [0.1, 0.15) is 6.61 Å². The Morgan fingerprint density at radius 1 is 1.10 bits per heavy atom. The molecule has 0 spiro atoms. The smallest absolute Gasteiger partial charge is 0.213 e. The summed E-state index contributed by atoms with van der Waals surface area (Å²) in [7, 11) is 1.65. The molecule has 31 heavy (non-hydrogen) atoms. The van der Waals surface area contributed by atoms with Crippen molar-refractivity contribution < 1.29 is 9.47 Å². The van der Waals surface area contributed by atoms with Crippen LogP contribution in [-0.4, -0.2) is 61.8 Å². The average Bonchev–Trinajstić information content (AvgIpc) is 2.81. The van der Waals surface area contributed by atoms with Gasteiger partial charge in [-0.1, -0.05) is 36.4 Å². The lowest BCUT2D eigenvalue weighted by Crippen LogP contribution is -2.48. The molecule has 1 aromatic carbocycles. The van der Waals surface area contributed by atoms with Crippen LogP contribution in [0.2, 0.25) is 0 Å². The molecule has 0 amide bonds. The molecule has 2 aromatic rings. The molecule has 7 nitrogen and oxygen atoms in total. The number of guanidine groups is 1. The minimum atomic E-state index is 0.444. The van der Waals surface area contributed by atoms with E-state index in [2.05, 4.69) is 57.8 Å². The van der Waals surface area contributed by atoms with Crippen molar-refractivity contribution in [3.8, 4) is 5.88 Å². The maximum Gasteiger partial charge on any atom is 0.213 e. The van der Waals surface area contributed by atoms with Gasteiger partial charge < -0.3 is 20.1 Å². The number of methoxy groups -OCH3 is 1. The van der Waals surface area contributed by atoms with E-state index in [0.29, 0.717) is 31.7 Å². The second-order valence-electron chi connectivity index (χ2n) is 7.72. The molecule has 0 saturated carbocycles. The largest absolute Gasteiger partial charge is 0.475 e. The molecule has 1 fully saturated rings. The Balaban J connectivity index is 1.45. The number of pyridine rings is 1. The number of aromatic nitrogens is 1. The molecule has 0 unspecified atom stereocenters. The Kier molecular flexibility index (Phi) is 9.60. The van der Waals surface area contributed by atoms with Crippen LogP contribution in [0.1, 0.15) is 30.9 Å². The second-order valence-corrected chi connectivity index (χ2v) is 7.72. The van der Waals surface area contributed by atoms with E-state index in [1.807, 2.05) is 18.3 Å². The van der Waals surface area contributed by atoms with Crippen molar-refractivity contribution in [2.24, 2.45) is 4.99 Å². The SMILES string of the molecule is CCNC(=NCc1ccc(OCCOC)nc1)NC1CCN(Cc2ccccc2)CC1. The van der Waals surface area contributed by atoms with E-state index in [9.17, 15) is 0 Å². The van der Waals surface area contributed by atoms with E-state index >= 15 is 0 Å². The molecule has 1 aliphatic heterocycles. The van der Waals surface area contributed by atoms with E-state index in [0.717, 1.165) is 50.5 Å². The van der Waals surface area contributed by atoms with Gasteiger partial charge in [-0.3, -0.25) is 4.90 Å². The van der Waals surface area contributed by atoms with Crippen LogP contribution < -0.4 is 15.4 Å². The average molecular weight is 426 g/mol. The number of piperidine rings is 1. The third kappa shape index (κ3) is 8.19. The normalized spacial score (nSPS) is 15.6. The quantitative estimate of drug-likeness (QED) is 0.347. The van der Waals surface area contributed by atoms with Gasteiger partial charge in [0.15, 0.2) is 5.96 Å². The molecule has 2 heterocycles. The zero-order chi connectivity index (χ0) is 21.7. The summed E-state index contributed by atoms with van der Waals surface area (Å²) >= 11 is 0. The number of benzene rings is 1. The molecule has 1 aliphatic rings. The maximum absolute atomic E-state index is 5.51. The van der Waals surface area contributed by atoms with Crippen LogP contribution in [0, 0.1) is 0 Å². The van der Waals surface area contributed by atoms with Crippen LogP contribution in [0.3, 0.4) is 0 Å². The van der Waals surface area contributed by atoms with E-state index < -0.39 is 0 Å². The summed E-state index contributed by atoms with van der Waals surface area (Å²) in [4.78, 5) is 11.6. The minimum absolute atomic E-state index is 0.444. The van der Waals surface area contributed by atoms with E-state index in [1.54, 1.807) is 7.11 Å². The van der Waals surface area contributed by atoms with Gasteiger partial charge in [0, 0.05) is 51.6 Å². The number of ether oxygens (including phenoxy) is 2. The third-order valence-electron chi connectivity index (χ3n) is 5.28. The number of aliphatic imine (C=N–C) groups is 1. The molecule has 7 heteroatoms. The predicted molar refractivity (Wildman–Crippen MR) is 124 cm³/mol. The molecular formula is C24H35N5O2. The molecule has 0 aliphatic carbocycles. The third-order valence-corrected chi connectivity index (χ3v) is 5.28. The monoisotopic (exact) mass is 425 g/mol. The van der Waals surface area contributed by atoms with Crippen molar-refractivity contribution in [1.82, 2.24) is 20.5 Å². The van der Waals surface area contributed by atoms with Crippen molar-refractivity contribution in [3.05, 3.63) is 59.8 Å². The Morgan fingerprint density at radius 2 is 1.90 bits per heavy atom. The fourth-order valence-corrected chi connectivity index (χ4v) is 3.58. The van der Waals surface area contributed by atoms with Gasteiger partial charge in [0.2, 0.25) is 5.88 Å². The molecule has 0 atom stereocenters. The number of hydrogen-bond acceptors (Lipinski definition) is 5. The number of likely N-dealkylation sites (tertiary alicyclic amines) is 1. The van der Waals surface area contributed by atoms with Crippen molar-refractivity contribution in [3.63, 3.8) is 0 Å². The van der Waals surface area contributed by atoms with Gasteiger partial charge in [0.25, 0.3) is 0 Å². The lowest BCUT2D eigenvalue weighted by atomic mass is 10.0. The van der Waals surface area contributed by atoms with Crippen LogP contribution in [0.15, 0.2) is 53.7 Å². The number of hydrogen-bond donors (Lipinski definition) is 2. The Labute approximate surface area is 185 Å². The van der Waals surface area contributed by atoms with Gasteiger partial charge in [-0.25, -0.2) is 9.98 Å². The van der Waals surface area contributed by atoms with Gasteiger partial charge in [-0.05, 0) is 30.9 Å². The van der Waals surface area contributed by atoms with Crippen molar-refractivity contribution in [1.29, 1.82) is 0 Å². The molecule has 168 valence electrons. The molecule has 1 aromatic heterocycles. The zero-order valence-electron chi connectivity index (χ0n) is 18.7. The Morgan fingerprint density at radius 3 is 2.58 bits per heavy atom. The first-order valence-electron chi connectivity index (χ1n) is 11.1. The molecule has 2 N–H and O–H groups in total. The highest BCUT2D eigenvalue weighted by atomic mass is 16.5. The van der Waals surface area contributed by atoms with Crippen LogP contribution in [0.5, 0.6) is 5.88 Å². The van der Waals surface area contributed by atoms with Crippen LogP contribution >= 0.6 is 0 Å². The summed E-state index contributed by atoms with van der Waals surface area (Å²) in [5, 5.41) is 6.97. The summed E-state index contributed by atoms with van der Waals surface area (Å²) in [6.45, 7) is 7.78. The Bertz CT molecular complexity index is 774. The lowest BCUT2D eigenvalue weighted by Gasteiger charge is -2.33. The summed E-state index contributed by atoms with van der Waals surface area (Å²) < 4.78 is 10.5. The molecule has 1 saturated heterocycles. The fourth-order valence-electron chi connectivity index (χ4n) is 3.58.